The first-order valence-corrected chi connectivity index (χ1v) is 6.16. The fourth-order valence-electron chi connectivity index (χ4n) is 2.16. The number of carbonyl (C=O) groups excluding carboxylic acids is 1. The fourth-order valence-corrected chi connectivity index (χ4v) is 2.16. The molecule has 0 aromatic heterocycles. The lowest BCUT2D eigenvalue weighted by molar-refractivity contribution is -0.116. The normalized spacial score (nSPS) is 18.2. The molecule has 0 bridgehead atoms. The Morgan fingerprint density at radius 2 is 2.21 bits per heavy atom. The molecule has 102 valence electrons. The third kappa shape index (κ3) is 3.45. The minimum atomic E-state index is -1.20. The van der Waals surface area contributed by atoms with Gasteiger partial charge in [-0.05, 0) is 31.5 Å². The maximum atomic E-state index is 11.7. The van der Waals surface area contributed by atoms with E-state index in [0.717, 1.165) is 19.4 Å². The van der Waals surface area contributed by atoms with Crippen LogP contribution in [-0.2, 0) is 4.79 Å². The van der Waals surface area contributed by atoms with Crippen molar-refractivity contribution in [3.8, 4) is 5.75 Å². The zero-order chi connectivity index (χ0) is 13.8. The number of hydrogen-bond acceptors (Lipinski definition) is 4. The van der Waals surface area contributed by atoms with Crippen molar-refractivity contribution in [1.82, 2.24) is 5.32 Å². The zero-order valence-electron chi connectivity index (χ0n) is 10.3. The van der Waals surface area contributed by atoms with Gasteiger partial charge in [0.2, 0.25) is 5.91 Å². The van der Waals surface area contributed by atoms with Crippen LogP contribution in [0.1, 0.15) is 29.6 Å². The smallest absolute Gasteiger partial charge is 0.339 e. The van der Waals surface area contributed by atoms with Gasteiger partial charge in [-0.25, -0.2) is 4.79 Å². The van der Waals surface area contributed by atoms with Crippen molar-refractivity contribution in [3.05, 3.63) is 23.8 Å². The van der Waals surface area contributed by atoms with Crippen molar-refractivity contribution in [2.45, 2.75) is 25.3 Å². The van der Waals surface area contributed by atoms with Gasteiger partial charge < -0.3 is 20.8 Å². The highest BCUT2D eigenvalue weighted by molar-refractivity contribution is 5.94. The molecule has 19 heavy (non-hydrogen) atoms. The van der Waals surface area contributed by atoms with Crippen LogP contribution in [0.4, 0.5) is 5.69 Å². The van der Waals surface area contributed by atoms with Gasteiger partial charge in [-0.3, -0.25) is 4.79 Å². The Bertz CT molecular complexity index is 495. The number of anilines is 1. The first-order chi connectivity index (χ1) is 9.06. The average Bonchev–Trinajstić information content (AvgIpc) is 2.81. The lowest BCUT2D eigenvalue weighted by Gasteiger charge is -2.11. The first-order valence-electron chi connectivity index (χ1n) is 6.16. The summed E-state index contributed by atoms with van der Waals surface area (Å²) in [7, 11) is 0. The molecule has 4 N–H and O–H groups in total. The van der Waals surface area contributed by atoms with Gasteiger partial charge in [-0.1, -0.05) is 0 Å². The number of carboxylic acid groups (broad SMARTS) is 1. The third-order valence-electron chi connectivity index (χ3n) is 3.11. The summed E-state index contributed by atoms with van der Waals surface area (Å²) in [6.45, 7) is 0.937. The Morgan fingerprint density at radius 1 is 1.42 bits per heavy atom. The SMILES string of the molecule is O=C(CC1CCCN1)Nc1ccc(C(=O)O)c(O)c1. The van der Waals surface area contributed by atoms with Crippen molar-refractivity contribution in [1.29, 1.82) is 0 Å². The minimum Gasteiger partial charge on any atom is -0.507 e. The summed E-state index contributed by atoms with van der Waals surface area (Å²) in [5.74, 6) is -1.71. The summed E-state index contributed by atoms with van der Waals surface area (Å²) >= 11 is 0. The largest absolute Gasteiger partial charge is 0.507 e. The molecule has 1 aromatic rings. The molecule has 2 rings (SSSR count). The summed E-state index contributed by atoms with van der Waals surface area (Å²) in [6, 6.07) is 4.17. The first kappa shape index (κ1) is 13.4. The Hall–Kier alpha value is -2.08. The standard InChI is InChI=1S/C13H16N2O4/c16-11-6-9(3-4-10(11)13(18)19)15-12(17)7-8-2-1-5-14-8/h3-4,6,8,14,16H,1-2,5,7H2,(H,15,17)(H,18,19). The Kier molecular flexibility index (Phi) is 4.01. The second-order valence-electron chi connectivity index (χ2n) is 4.58. The molecule has 1 saturated heterocycles. The lowest BCUT2D eigenvalue weighted by Crippen LogP contribution is -2.27. The number of nitrogens with one attached hydrogen (secondary N) is 2. The number of aromatic carboxylic acids is 1. The molecule has 1 unspecified atom stereocenters. The molecule has 0 radical (unpaired) electrons. The van der Waals surface area contributed by atoms with Crippen LogP contribution < -0.4 is 10.6 Å². The van der Waals surface area contributed by atoms with E-state index in [-0.39, 0.29) is 23.3 Å². The van der Waals surface area contributed by atoms with E-state index >= 15 is 0 Å². The predicted molar refractivity (Wildman–Crippen MR) is 69.3 cm³/mol. The van der Waals surface area contributed by atoms with Crippen LogP contribution in [0.2, 0.25) is 0 Å². The van der Waals surface area contributed by atoms with E-state index in [9.17, 15) is 14.7 Å². The van der Waals surface area contributed by atoms with Gasteiger partial charge in [0.1, 0.15) is 11.3 Å². The summed E-state index contributed by atoms with van der Waals surface area (Å²) in [5.41, 5.74) is 0.209. The number of aromatic hydroxyl groups is 1. The molecule has 6 nitrogen and oxygen atoms in total. The van der Waals surface area contributed by atoms with E-state index in [1.54, 1.807) is 0 Å². The molecule has 1 amide bonds. The van der Waals surface area contributed by atoms with Gasteiger partial charge in [-0.2, -0.15) is 0 Å². The van der Waals surface area contributed by atoms with E-state index in [1.807, 2.05) is 0 Å². The topological polar surface area (TPSA) is 98.7 Å². The average molecular weight is 264 g/mol. The van der Waals surface area contributed by atoms with Crippen LogP contribution in [0.25, 0.3) is 0 Å². The van der Waals surface area contributed by atoms with Gasteiger partial charge in [0, 0.05) is 24.2 Å². The van der Waals surface area contributed by atoms with Crippen LogP contribution in [0, 0.1) is 0 Å². The third-order valence-corrected chi connectivity index (χ3v) is 3.11. The molecule has 0 spiro atoms. The number of carbonyl (C=O) groups is 2. The minimum absolute atomic E-state index is 0.151. The van der Waals surface area contributed by atoms with Gasteiger partial charge >= 0.3 is 5.97 Å². The van der Waals surface area contributed by atoms with Crippen LogP contribution in [0.15, 0.2) is 18.2 Å². The van der Waals surface area contributed by atoms with Gasteiger partial charge in [-0.15, -0.1) is 0 Å². The van der Waals surface area contributed by atoms with E-state index in [2.05, 4.69) is 10.6 Å². The van der Waals surface area contributed by atoms with Crippen molar-refractivity contribution in [2.75, 3.05) is 11.9 Å². The molecule has 1 heterocycles. The number of hydrogen-bond donors (Lipinski definition) is 4. The van der Waals surface area contributed by atoms with Gasteiger partial charge in [0.15, 0.2) is 0 Å². The van der Waals surface area contributed by atoms with Crippen LogP contribution in [0.3, 0.4) is 0 Å². The van der Waals surface area contributed by atoms with E-state index in [1.165, 1.54) is 18.2 Å². The summed E-state index contributed by atoms with van der Waals surface area (Å²) in [5, 5.41) is 24.2. The molecule has 0 aliphatic carbocycles. The lowest BCUT2D eigenvalue weighted by atomic mass is 10.1. The van der Waals surface area contributed by atoms with Crippen molar-refractivity contribution >= 4 is 17.6 Å². The second kappa shape index (κ2) is 5.71. The molecule has 0 saturated carbocycles. The van der Waals surface area contributed by atoms with Crippen molar-refractivity contribution < 1.29 is 19.8 Å². The van der Waals surface area contributed by atoms with E-state index < -0.39 is 5.97 Å². The summed E-state index contributed by atoms with van der Waals surface area (Å²) in [4.78, 5) is 22.5. The Labute approximate surface area is 110 Å². The molecule has 1 fully saturated rings. The highest BCUT2D eigenvalue weighted by atomic mass is 16.4. The Balaban J connectivity index is 1.96. The maximum absolute atomic E-state index is 11.7. The quantitative estimate of drug-likeness (QED) is 0.654. The second-order valence-corrected chi connectivity index (χ2v) is 4.58. The van der Waals surface area contributed by atoms with Gasteiger partial charge in [0.05, 0.1) is 0 Å². The van der Waals surface area contributed by atoms with Crippen LogP contribution in [0.5, 0.6) is 5.75 Å². The van der Waals surface area contributed by atoms with E-state index in [0.29, 0.717) is 12.1 Å². The highest BCUT2D eigenvalue weighted by Crippen LogP contribution is 2.22. The number of phenols is 1. The van der Waals surface area contributed by atoms with Gasteiger partial charge in [0.25, 0.3) is 0 Å². The number of benzene rings is 1. The maximum Gasteiger partial charge on any atom is 0.339 e. The van der Waals surface area contributed by atoms with Crippen molar-refractivity contribution in [2.24, 2.45) is 0 Å². The number of rotatable bonds is 4. The van der Waals surface area contributed by atoms with Crippen LogP contribution >= 0.6 is 0 Å². The van der Waals surface area contributed by atoms with Crippen molar-refractivity contribution in [3.63, 3.8) is 0 Å². The number of carboxylic acids is 1. The number of amides is 1. The summed E-state index contributed by atoms with van der Waals surface area (Å²) in [6.07, 6.45) is 2.43. The molecular formula is C13H16N2O4. The molecule has 6 heteroatoms. The molecule has 1 aliphatic rings. The predicted octanol–water partition coefficient (Wildman–Crippen LogP) is 1.17. The monoisotopic (exact) mass is 264 g/mol. The van der Waals surface area contributed by atoms with Crippen LogP contribution in [-0.4, -0.2) is 34.7 Å². The molecule has 1 aliphatic heterocycles. The Morgan fingerprint density at radius 3 is 2.79 bits per heavy atom. The highest BCUT2D eigenvalue weighted by Gasteiger charge is 2.18. The molecule has 1 aromatic carbocycles. The van der Waals surface area contributed by atoms with E-state index in [4.69, 9.17) is 5.11 Å². The molecule has 1 atom stereocenters. The summed E-state index contributed by atoms with van der Waals surface area (Å²) < 4.78 is 0. The fraction of sp³-hybridized carbons (Fsp3) is 0.385. The molecular weight excluding hydrogens is 248 g/mol. The zero-order valence-corrected chi connectivity index (χ0v) is 10.3.